The van der Waals surface area contributed by atoms with Crippen molar-refractivity contribution in [3.05, 3.63) is 12.2 Å². The van der Waals surface area contributed by atoms with Crippen LogP contribution in [-0.2, 0) is 21.5 Å². The SMILES string of the molecule is CCn1ncnc1C1(C(=O)OC)CC1. The second-order valence-corrected chi connectivity index (χ2v) is 3.47. The van der Waals surface area contributed by atoms with Crippen molar-refractivity contribution in [2.75, 3.05) is 7.11 Å². The fourth-order valence-corrected chi connectivity index (χ4v) is 1.71. The lowest BCUT2D eigenvalue weighted by Gasteiger charge is -2.11. The number of carbonyl (C=O) groups is 1. The summed E-state index contributed by atoms with van der Waals surface area (Å²) in [4.78, 5) is 15.7. The van der Waals surface area contributed by atoms with E-state index in [1.54, 1.807) is 4.68 Å². The molecular weight excluding hydrogens is 182 g/mol. The fraction of sp³-hybridized carbons (Fsp3) is 0.667. The van der Waals surface area contributed by atoms with E-state index in [1.807, 2.05) is 6.92 Å². The van der Waals surface area contributed by atoms with Crippen LogP contribution in [0.3, 0.4) is 0 Å². The molecule has 2 rings (SSSR count). The van der Waals surface area contributed by atoms with Crippen LogP contribution >= 0.6 is 0 Å². The number of ether oxygens (including phenoxy) is 1. The number of esters is 1. The van der Waals surface area contributed by atoms with Crippen LogP contribution in [0.5, 0.6) is 0 Å². The van der Waals surface area contributed by atoms with Gasteiger partial charge in [-0.15, -0.1) is 0 Å². The Labute approximate surface area is 82.1 Å². The van der Waals surface area contributed by atoms with Crippen LogP contribution in [0.4, 0.5) is 0 Å². The third-order valence-electron chi connectivity index (χ3n) is 2.67. The number of aromatic nitrogens is 3. The molecule has 0 aliphatic heterocycles. The van der Waals surface area contributed by atoms with Crippen molar-refractivity contribution in [3.8, 4) is 0 Å². The molecule has 5 heteroatoms. The monoisotopic (exact) mass is 195 g/mol. The van der Waals surface area contributed by atoms with Crippen LogP contribution < -0.4 is 0 Å². The van der Waals surface area contributed by atoms with Crippen LogP contribution in [-0.4, -0.2) is 27.8 Å². The molecule has 1 aromatic rings. The third-order valence-corrected chi connectivity index (χ3v) is 2.67. The lowest BCUT2D eigenvalue weighted by molar-refractivity contribution is -0.144. The van der Waals surface area contributed by atoms with E-state index < -0.39 is 5.41 Å². The molecule has 76 valence electrons. The van der Waals surface area contributed by atoms with Crippen LogP contribution in [0.15, 0.2) is 6.33 Å². The highest BCUT2D eigenvalue weighted by molar-refractivity contribution is 5.85. The van der Waals surface area contributed by atoms with Gasteiger partial charge < -0.3 is 4.74 Å². The summed E-state index contributed by atoms with van der Waals surface area (Å²) >= 11 is 0. The Balaban J connectivity index is 2.35. The van der Waals surface area contributed by atoms with Crippen molar-refractivity contribution in [1.29, 1.82) is 0 Å². The number of aryl methyl sites for hydroxylation is 1. The second-order valence-electron chi connectivity index (χ2n) is 3.47. The van der Waals surface area contributed by atoms with Crippen LogP contribution in [0, 0.1) is 0 Å². The summed E-state index contributed by atoms with van der Waals surface area (Å²) in [6.45, 7) is 2.71. The van der Waals surface area contributed by atoms with Gasteiger partial charge in [0.1, 0.15) is 17.6 Å². The molecular formula is C9H13N3O2. The van der Waals surface area contributed by atoms with Crippen LogP contribution in [0.1, 0.15) is 25.6 Å². The van der Waals surface area contributed by atoms with Crippen molar-refractivity contribution in [3.63, 3.8) is 0 Å². The van der Waals surface area contributed by atoms with Gasteiger partial charge in [0.05, 0.1) is 7.11 Å². The molecule has 0 saturated heterocycles. The Kier molecular flexibility index (Phi) is 2.02. The summed E-state index contributed by atoms with van der Waals surface area (Å²) in [5.41, 5.74) is -0.499. The van der Waals surface area contributed by atoms with Gasteiger partial charge in [-0.05, 0) is 19.8 Å². The van der Waals surface area contributed by atoms with Gasteiger partial charge >= 0.3 is 5.97 Å². The Morgan fingerprint density at radius 1 is 1.71 bits per heavy atom. The molecule has 5 nitrogen and oxygen atoms in total. The van der Waals surface area contributed by atoms with Crippen molar-refractivity contribution in [1.82, 2.24) is 14.8 Å². The summed E-state index contributed by atoms with van der Waals surface area (Å²) < 4.78 is 6.53. The summed E-state index contributed by atoms with van der Waals surface area (Å²) in [6, 6.07) is 0. The third kappa shape index (κ3) is 1.12. The summed E-state index contributed by atoms with van der Waals surface area (Å²) in [5, 5.41) is 4.06. The molecule has 1 aliphatic rings. The van der Waals surface area contributed by atoms with E-state index in [2.05, 4.69) is 10.1 Å². The van der Waals surface area contributed by atoms with E-state index in [-0.39, 0.29) is 5.97 Å². The molecule has 0 atom stereocenters. The molecule has 0 bridgehead atoms. The lowest BCUT2D eigenvalue weighted by atomic mass is 10.1. The van der Waals surface area contributed by atoms with Gasteiger partial charge in [0.2, 0.25) is 0 Å². The maximum atomic E-state index is 11.6. The number of hydrogen-bond acceptors (Lipinski definition) is 4. The van der Waals surface area contributed by atoms with E-state index in [4.69, 9.17) is 4.74 Å². The number of nitrogens with zero attached hydrogens (tertiary/aromatic N) is 3. The van der Waals surface area contributed by atoms with Gasteiger partial charge in [0, 0.05) is 6.54 Å². The second kappa shape index (κ2) is 3.08. The van der Waals surface area contributed by atoms with Gasteiger partial charge in [-0.25, -0.2) is 9.67 Å². The zero-order chi connectivity index (χ0) is 10.2. The topological polar surface area (TPSA) is 57.0 Å². The quantitative estimate of drug-likeness (QED) is 0.659. The minimum Gasteiger partial charge on any atom is -0.468 e. The van der Waals surface area contributed by atoms with E-state index >= 15 is 0 Å². The lowest BCUT2D eigenvalue weighted by Crippen LogP contribution is -2.26. The first-order valence-electron chi connectivity index (χ1n) is 4.71. The largest absolute Gasteiger partial charge is 0.468 e. The van der Waals surface area contributed by atoms with Gasteiger partial charge in [0.15, 0.2) is 0 Å². The van der Waals surface area contributed by atoms with Crippen LogP contribution in [0.25, 0.3) is 0 Å². The predicted molar refractivity (Wildman–Crippen MR) is 48.6 cm³/mol. The zero-order valence-corrected chi connectivity index (χ0v) is 8.36. The molecule has 1 saturated carbocycles. The Hall–Kier alpha value is -1.39. The molecule has 1 heterocycles. The predicted octanol–water partition coefficient (Wildman–Crippen LogP) is 0.503. The molecule has 0 unspecified atom stereocenters. The average Bonchev–Trinajstić information content (AvgIpc) is 2.88. The average molecular weight is 195 g/mol. The highest BCUT2D eigenvalue weighted by atomic mass is 16.5. The highest BCUT2D eigenvalue weighted by Crippen LogP contribution is 2.48. The maximum absolute atomic E-state index is 11.6. The molecule has 0 amide bonds. The number of methoxy groups -OCH3 is 1. The van der Waals surface area contributed by atoms with Gasteiger partial charge in [-0.3, -0.25) is 4.79 Å². The smallest absolute Gasteiger partial charge is 0.319 e. The minimum atomic E-state index is -0.499. The van der Waals surface area contributed by atoms with Crippen LogP contribution in [0.2, 0.25) is 0 Å². The van der Waals surface area contributed by atoms with Gasteiger partial charge in [0.25, 0.3) is 0 Å². The first kappa shape index (κ1) is 9.18. The Morgan fingerprint density at radius 2 is 2.43 bits per heavy atom. The van der Waals surface area contributed by atoms with Crippen molar-refractivity contribution < 1.29 is 9.53 Å². The summed E-state index contributed by atoms with van der Waals surface area (Å²) in [6.07, 6.45) is 3.12. The molecule has 0 spiro atoms. The van der Waals surface area contributed by atoms with Crippen molar-refractivity contribution in [2.45, 2.75) is 31.7 Å². The Bertz CT molecular complexity index is 355. The zero-order valence-electron chi connectivity index (χ0n) is 8.36. The van der Waals surface area contributed by atoms with Crippen molar-refractivity contribution >= 4 is 5.97 Å². The van der Waals surface area contributed by atoms with Gasteiger partial charge in [-0.2, -0.15) is 5.10 Å². The molecule has 0 radical (unpaired) electrons. The van der Waals surface area contributed by atoms with E-state index in [0.29, 0.717) is 0 Å². The summed E-state index contributed by atoms with van der Waals surface area (Å²) in [7, 11) is 1.41. The first-order valence-corrected chi connectivity index (χ1v) is 4.71. The van der Waals surface area contributed by atoms with Crippen molar-refractivity contribution in [2.24, 2.45) is 0 Å². The standard InChI is InChI=1S/C9H13N3O2/c1-3-12-7(10-6-11-12)9(4-5-9)8(13)14-2/h6H,3-5H2,1-2H3. The van der Waals surface area contributed by atoms with Gasteiger partial charge in [-0.1, -0.05) is 0 Å². The molecule has 0 N–H and O–H groups in total. The Morgan fingerprint density at radius 3 is 2.93 bits per heavy atom. The highest BCUT2D eigenvalue weighted by Gasteiger charge is 2.56. The first-order chi connectivity index (χ1) is 6.74. The number of hydrogen-bond donors (Lipinski definition) is 0. The molecule has 1 aliphatic carbocycles. The molecule has 1 aromatic heterocycles. The molecule has 0 aromatic carbocycles. The maximum Gasteiger partial charge on any atom is 0.319 e. The number of rotatable bonds is 3. The van der Waals surface area contributed by atoms with E-state index in [9.17, 15) is 4.79 Å². The molecule has 1 fully saturated rings. The number of carbonyl (C=O) groups excluding carboxylic acids is 1. The molecule has 14 heavy (non-hydrogen) atoms. The van der Waals surface area contributed by atoms with E-state index in [0.717, 1.165) is 25.2 Å². The van der Waals surface area contributed by atoms with E-state index in [1.165, 1.54) is 13.4 Å². The summed E-state index contributed by atoms with van der Waals surface area (Å²) in [5.74, 6) is 0.548. The normalized spacial score (nSPS) is 17.9. The minimum absolute atomic E-state index is 0.194. The fourth-order valence-electron chi connectivity index (χ4n) is 1.71.